The lowest BCUT2D eigenvalue weighted by atomic mass is 10.1. The van der Waals surface area contributed by atoms with Crippen molar-refractivity contribution in [1.82, 2.24) is 5.32 Å². The van der Waals surface area contributed by atoms with Crippen LogP contribution in [-0.2, 0) is 4.79 Å². The van der Waals surface area contributed by atoms with Crippen molar-refractivity contribution in [1.29, 1.82) is 0 Å². The summed E-state index contributed by atoms with van der Waals surface area (Å²) in [5.74, 6) is 0.534. The normalized spacial score (nSPS) is 12.4. The number of fused-ring (bicyclic) bond motifs is 1. The summed E-state index contributed by atoms with van der Waals surface area (Å²) in [6.07, 6.45) is 0. The number of carbonyl (C=O) groups is 1. The highest BCUT2D eigenvalue weighted by atomic mass is 16.2. The van der Waals surface area contributed by atoms with Crippen molar-refractivity contribution in [3.63, 3.8) is 0 Å². The predicted molar refractivity (Wildman–Crippen MR) is 89.7 cm³/mol. The second-order valence-electron chi connectivity index (χ2n) is 5.96. The quantitative estimate of drug-likeness (QED) is 0.912. The maximum absolute atomic E-state index is 12.2. The van der Waals surface area contributed by atoms with E-state index in [1.807, 2.05) is 31.0 Å². The first kappa shape index (κ1) is 15.4. The van der Waals surface area contributed by atoms with Gasteiger partial charge in [0.25, 0.3) is 0 Å². The van der Waals surface area contributed by atoms with Crippen LogP contribution in [0.2, 0.25) is 0 Å². The van der Waals surface area contributed by atoms with E-state index in [0.29, 0.717) is 12.5 Å². The molecule has 1 amide bonds. The monoisotopic (exact) mass is 284 g/mol. The fourth-order valence-corrected chi connectivity index (χ4v) is 2.25. The molecule has 0 saturated heterocycles. The first-order valence-electron chi connectivity index (χ1n) is 7.48. The summed E-state index contributed by atoms with van der Waals surface area (Å²) in [6.45, 7) is 6.84. The molecule has 112 valence electrons. The molecule has 0 radical (unpaired) electrons. The van der Waals surface area contributed by atoms with Crippen molar-refractivity contribution >= 4 is 22.4 Å². The van der Waals surface area contributed by atoms with Crippen molar-refractivity contribution < 1.29 is 4.79 Å². The van der Waals surface area contributed by atoms with Crippen LogP contribution in [0, 0.1) is 5.92 Å². The number of nitrogens with one attached hydrogen (secondary N) is 1. The lowest BCUT2D eigenvalue weighted by molar-refractivity contribution is -0.122. The molecule has 0 aliphatic carbocycles. The third-order valence-corrected chi connectivity index (χ3v) is 3.79. The van der Waals surface area contributed by atoms with E-state index < -0.39 is 0 Å². The molecule has 0 aromatic heterocycles. The number of hydrogen-bond donors (Lipinski definition) is 1. The Morgan fingerprint density at radius 1 is 1.10 bits per heavy atom. The summed E-state index contributed by atoms with van der Waals surface area (Å²) in [7, 11) is 1.96. The van der Waals surface area contributed by atoms with Gasteiger partial charge in [-0.3, -0.25) is 4.79 Å². The Morgan fingerprint density at radius 2 is 1.76 bits per heavy atom. The summed E-state index contributed by atoms with van der Waals surface area (Å²) in [5, 5.41) is 5.39. The van der Waals surface area contributed by atoms with Gasteiger partial charge in [0.1, 0.15) is 6.04 Å². The first-order chi connectivity index (χ1) is 9.99. The van der Waals surface area contributed by atoms with Crippen LogP contribution in [-0.4, -0.2) is 25.5 Å². The lowest BCUT2D eigenvalue weighted by Gasteiger charge is -2.26. The molecule has 0 aliphatic heterocycles. The summed E-state index contributed by atoms with van der Waals surface area (Å²) in [6, 6.07) is 14.4. The largest absolute Gasteiger partial charge is 0.363 e. The Balaban J connectivity index is 2.13. The Labute approximate surface area is 127 Å². The van der Waals surface area contributed by atoms with Crippen LogP contribution in [0.5, 0.6) is 0 Å². The molecule has 0 aliphatic rings. The molecule has 1 N–H and O–H groups in total. The van der Waals surface area contributed by atoms with Crippen LogP contribution in [0.25, 0.3) is 10.8 Å². The molecule has 1 unspecified atom stereocenters. The second-order valence-corrected chi connectivity index (χ2v) is 5.96. The number of hydrogen-bond acceptors (Lipinski definition) is 2. The highest BCUT2D eigenvalue weighted by Gasteiger charge is 2.18. The highest BCUT2D eigenvalue weighted by molar-refractivity contribution is 5.88. The van der Waals surface area contributed by atoms with Gasteiger partial charge in [0.2, 0.25) is 5.91 Å². The molecule has 0 saturated carbocycles. The van der Waals surface area contributed by atoms with E-state index in [0.717, 1.165) is 5.69 Å². The standard InChI is InChI=1S/C18H24N2O/c1-13(2)12-19-18(21)14(3)20(4)17-10-9-15-7-5-6-8-16(15)11-17/h5-11,13-14H,12H2,1-4H3,(H,19,21). The maximum atomic E-state index is 12.2. The van der Waals surface area contributed by atoms with Gasteiger partial charge in [-0.15, -0.1) is 0 Å². The third-order valence-electron chi connectivity index (χ3n) is 3.79. The number of anilines is 1. The first-order valence-corrected chi connectivity index (χ1v) is 7.48. The van der Waals surface area contributed by atoms with Crippen molar-refractivity contribution in [2.24, 2.45) is 5.92 Å². The van der Waals surface area contributed by atoms with Gasteiger partial charge in [-0.05, 0) is 35.7 Å². The van der Waals surface area contributed by atoms with Crippen molar-refractivity contribution in [2.75, 3.05) is 18.5 Å². The molecule has 0 spiro atoms. The summed E-state index contributed by atoms with van der Waals surface area (Å²) in [4.78, 5) is 14.2. The van der Waals surface area contributed by atoms with Gasteiger partial charge in [0.05, 0.1) is 0 Å². The van der Waals surface area contributed by atoms with Crippen LogP contribution in [0.3, 0.4) is 0 Å². The fraction of sp³-hybridized carbons (Fsp3) is 0.389. The Hall–Kier alpha value is -2.03. The van der Waals surface area contributed by atoms with E-state index in [4.69, 9.17) is 0 Å². The fourth-order valence-electron chi connectivity index (χ4n) is 2.25. The van der Waals surface area contributed by atoms with Gasteiger partial charge < -0.3 is 10.2 Å². The van der Waals surface area contributed by atoms with Crippen LogP contribution in [0.4, 0.5) is 5.69 Å². The zero-order valence-corrected chi connectivity index (χ0v) is 13.3. The minimum Gasteiger partial charge on any atom is -0.363 e. The van der Waals surface area contributed by atoms with Gasteiger partial charge in [0, 0.05) is 19.3 Å². The summed E-state index contributed by atoms with van der Waals surface area (Å²) < 4.78 is 0. The van der Waals surface area contributed by atoms with Crippen molar-refractivity contribution in [2.45, 2.75) is 26.8 Å². The number of carbonyl (C=O) groups excluding carboxylic acids is 1. The molecule has 0 heterocycles. The van der Waals surface area contributed by atoms with E-state index in [-0.39, 0.29) is 11.9 Å². The number of amides is 1. The third kappa shape index (κ3) is 3.75. The highest BCUT2D eigenvalue weighted by Crippen LogP contribution is 2.22. The molecular weight excluding hydrogens is 260 g/mol. The Bertz CT molecular complexity index is 621. The molecule has 2 aromatic rings. The molecule has 0 fully saturated rings. The average Bonchev–Trinajstić information content (AvgIpc) is 2.50. The van der Waals surface area contributed by atoms with Gasteiger partial charge in [-0.1, -0.05) is 44.2 Å². The topological polar surface area (TPSA) is 32.3 Å². The minimum atomic E-state index is -0.190. The molecule has 2 aromatic carbocycles. The van der Waals surface area contributed by atoms with Gasteiger partial charge in [-0.2, -0.15) is 0 Å². The molecular formula is C18H24N2O. The molecule has 3 nitrogen and oxygen atoms in total. The molecule has 21 heavy (non-hydrogen) atoms. The number of likely N-dealkylation sites (N-methyl/N-ethyl adjacent to an activating group) is 1. The minimum absolute atomic E-state index is 0.0689. The van der Waals surface area contributed by atoms with Crippen molar-refractivity contribution in [3.05, 3.63) is 42.5 Å². The number of nitrogens with zero attached hydrogens (tertiary/aromatic N) is 1. The second kappa shape index (κ2) is 6.61. The van der Waals surface area contributed by atoms with Gasteiger partial charge >= 0.3 is 0 Å². The lowest BCUT2D eigenvalue weighted by Crippen LogP contribution is -2.44. The molecule has 1 atom stereocenters. The van der Waals surface area contributed by atoms with Crippen molar-refractivity contribution in [3.8, 4) is 0 Å². The molecule has 2 rings (SSSR count). The van der Waals surface area contributed by atoms with Gasteiger partial charge in [-0.25, -0.2) is 0 Å². The van der Waals surface area contributed by atoms with E-state index in [2.05, 4.69) is 49.5 Å². The zero-order valence-electron chi connectivity index (χ0n) is 13.3. The van der Waals surface area contributed by atoms with E-state index >= 15 is 0 Å². The van der Waals surface area contributed by atoms with E-state index in [1.165, 1.54) is 10.8 Å². The van der Waals surface area contributed by atoms with Crippen LogP contribution >= 0.6 is 0 Å². The van der Waals surface area contributed by atoms with Crippen LogP contribution in [0.1, 0.15) is 20.8 Å². The SMILES string of the molecule is CC(C)CNC(=O)C(C)N(C)c1ccc2ccccc2c1. The predicted octanol–water partition coefficient (Wildman–Crippen LogP) is 3.44. The van der Waals surface area contributed by atoms with Crippen LogP contribution in [0.15, 0.2) is 42.5 Å². The summed E-state index contributed by atoms with van der Waals surface area (Å²) >= 11 is 0. The number of rotatable bonds is 5. The zero-order chi connectivity index (χ0) is 15.4. The molecule has 0 bridgehead atoms. The van der Waals surface area contributed by atoms with Crippen LogP contribution < -0.4 is 10.2 Å². The maximum Gasteiger partial charge on any atom is 0.242 e. The Morgan fingerprint density at radius 3 is 2.43 bits per heavy atom. The Kier molecular flexibility index (Phi) is 4.84. The van der Waals surface area contributed by atoms with E-state index in [1.54, 1.807) is 0 Å². The summed E-state index contributed by atoms with van der Waals surface area (Å²) in [5.41, 5.74) is 1.06. The molecule has 3 heteroatoms. The van der Waals surface area contributed by atoms with Gasteiger partial charge in [0.15, 0.2) is 0 Å². The average molecular weight is 284 g/mol. The van der Waals surface area contributed by atoms with E-state index in [9.17, 15) is 4.79 Å². The number of benzene rings is 2. The smallest absolute Gasteiger partial charge is 0.242 e.